The van der Waals surface area contributed by atoms with Crippen LogP contribution in [0.2, 0.25) is 0 Å². The summed E-state index contributed by atoms with van der Waals surface area (Å²) in [6.07, 6.45) is -0.642. The number of halogens is 1. The molecule has 1 aromatic rings. The van der Waals surface area contributed by atoms with Crippen molar-refractivity contribution in [1.29, 1.82) is 0 Å². The third-order valence-electron chi connectivity index (χ3n) is 2.08. The summed E-state index contributed by atoms with van der Waals surface area (Å²) in [5.41, 5.74) is 6.08. The molecule has 20 heavy (non-hydrogen) atoms. The second-order valence-electron chi connectivity index (χ2n) is 5.14. The molecule has 0 unspecified atom stereocenters. The third kappa shape index (κ3) is 5.92. The van der Waals surface area contributed by atoms with Crippen molar-refractivity contribution in [2.45, 2.75) is 26.4 Å². The molecule has 0 fully saturated rings. The molecule has 1 rings (SSSR count). The van der Waals surface area contributed by atoms with Crippen molar-refractivity contribution in [3.05, 3.63) is 22.7 Å². The first-order chi connectivity index (χ1) is 9.17. The summed E-state index contributed by atoms with van der Waals surface area (Å²) in [6.45, 7) is 5.05. The highest BCUT2D eigenvalue weighted by Crippen LogP contribution is 2.22. The van der Waals surface area contributed by atoms with E-state index >= 15 is 0 Å². The molecule has 0 saturated carbocycles. The van der Waals surface area contributed by atoms with Gasteiger partial charge in [-0.3, -0.25) is 4.79 Å². The van der Waals surface area contributed by atoms with Crippen molar-refractivity contribution < 1.29 is 14.3 Å². The van der Waals surface area contributed by atoms with Gasteiger partial charge in [0.1, 0.15) is 12.1 Å². The van der Waals surface area contributed by atoms with Crippen LogP contribution in [-0.4, -0.2) is 24.1 Å². The van der Waals surface area contributed by atoms with Gasteiger partial charge in [-0.05, 0) is 39.0 Å². The van der Waals surface area contributed by atoms with Crippen LogP contribution in [0.15, 0.2) is 22.7 Å². The summed E-state index contributed by atoms with van der Waals surface area (Å²) in [7, 11) is 0. The zero-order valence-electron chi connectivity index (χ0n) is 11.6. The van der Waals surface area contributed by atoms with Crippen LogP contribution >= 0.6 is 15.9 Å². The molecule has 0 spiro atoms. The van der Waals surface area contributed by atoms with E-state index in [0.29, 0.717) is 11.4 Å². The van der Waals surface area contributed by atoms with E-state index in [2.05, 4.69) is 26.6 Å². The molecule has 0 atom stereocenters. The summed E-state index contributed by atoms with van der Waals surface area (Å²) in [4.78, 5) is 23.1. The molecule has 0 saturated heterocycles. The largest absolute Gasteiger partial charge is 0.444 e. The molecule has 0 aliphatic carbocycles. The monoisotopic (exact) mass is 343 g/mol. The first kappa shape index (κ1) is 16.3. The Morgan fingerprint density at radius 1 is 1.35 bits per heavy atom. The minimum Gasteiger partial charge on any atom is -0.444 e. The van der Waals surface area contributed by atoms with E-state index in [1.54, 1.807) is 39.0 Å². The second kappa shape index (κ2) is 6.60. The first-order valence-corrected chi connectivity index (χ1v) is 6.78. The van der Waals surface area contributed by atoms with Gasteiger partial charge in [0.25, 0.3) is 0 Å². The number of anilines is 2. The maximum Gasteiger partial charge on any atom is 0.408 e. The topological polar surface area (TPSA) is 93.4 Å². The standard InChI is InChI=1S/C13H18BrN3O3/c1-13(2,3)20-12(19)16-7-11(18)17-10-5-4-8(14)6-9(10)15/h4-6H,7,15H2,1-3H3,(H,16,19)(H,17,18). The Morgan fingerprint density at radius 2 is 2.00 bits per heavy atom. The predicted octanol–water partition coefficient (Wildman–Crippen LogP) is 2.49. The van der Waals surface area contributed by atoms with Gasteiger partial charge in [-0.1, -0.05) is 15.9 Å². The van der Waals surface area contributed by atoms with E-state index < -0.39 is 11.7 Å². The second-order valence-corrected chi connectivity index (χ2v) is 6.05. The minimum atomic E-state index is -0.642. The van der Waals surface area contributed by atoms with Gasteiger partial charge in [0, 0.05) is 4.47 Å². The molecule has 0 aliphatic rings. The van der Waals surface area contributed by atoms with Crippen LogP contribution in [0.3, 0.4) is 0 Å². The number of hydrogen-bond acceptors (Lipinski definition) is 4. The van der Waals surface area contributed by atoms with E-state index in [1.807, 2.05) is 0 Å². The summed E-state index contributed by atoms with van der Waals surface area (Å²) in [5, 5.41) is 4.97. The van der Waals surface area contributed by atoms with Crippen molar-refractivity contribution in [1.82, 2.24) is 5.32 Å². The maximum atomic E-state index is 11.7. The number of nitrogens with two attached hydrogens (primary N) is 1. The number of ether oxygens (including phenoxy) is 1. The van der Waals surface area contributed by atoms with Gasteiger partial charge in [0.05, 0.1) is 11.4 Å². The Kier molecular flexibility index (Phi) is 5.38. The molecule has 0 aromatic heterocycles. The van der Waals surface area contributed by atoms with Crippen LogP contribution in [0, 0.1) is 0 Å². The van der Waals surface area contributed by atoms with E-state index in [1.165, 1.54) is 0 Å². The van der Waals surface area contributed by atoms with Gasteiger partial charge in [-0.25, -0.2) is 4.79 Å². The lowest BCUT2D eigenvalue weighted by molar-refractivity contribution is -0.115. The number of carbonyl (C=O) groups is 2. The zero-order chi connectivity index (χ0) is 15.3. The molecule has 0 bridgehead atoms. The highest BCUT2D eigenvalue weighted by molar-refractivity contribution is 9.10. The lowest BCUT2D eigenvalue weighted by atomic mass is 10.2. The summed E-state index contributed by atoms with van der Waals surface area (Å²) in [5.74, 6) is -0.384. The van der Waals surface area contributed by atoms with Crippen LogP contribution in [-0.2, 0) is 9.53 Å². The molecule has 7 heteroatoms. The summed E-state index contributed by atoms with van der Waals surface area (Å²) in [6, 6.07) is 5.11. The van der Waals surface area contributed by atoms with E-state index in [4.69, 9.17) is 10.5 Å². The molecule has 110 valence electrons. The minimum absolute atomic E-state index is 0.190. The number of rotatable bonds is 3. The first-order valence-electron chi connectivity index (χ1n) is 5.99. The van der Waals surface area contributed by atoms with Gasteiger partial charge < -0.3 is 21.1 Å². The fourth-order valence-electron chi connectivity index (χ4n) is 1.31. The van der Waals surface area contributed by atoms with Gasteiger partial charge >= 0.3 is 6.09 Å². The number of nitrogen functional groups attached to an aromatic ring is 1. The Labute approximate surface area is 126 Å². The SMILES string of the molecule is CC(C)(C)OC(=O)NCC(=O)Nc1ccc(Br)cc1N. The average Bonchev–Trinajstić information content (AvgIpc) is 2.28. The van der Waals surface area contributed by atoms with E-state index in [9.17, 15) is 9.59 Å². The quantitative estimate of drug-likeness (QED) is 0.735. The molecule has 0 radical (unpaired) electrons. The highest BCUT2D eigenvalue weighted by Gasteiger charge is 2.16. The predicted molar refractivity (Wildman–Crippen MR) is 81.4 cm³/mol. The molecular formula is C13H18BrN3O3. The Bertz CT molecular complexity index is 512. The van der Waals surface area contributed by atoms with Gasteiger partial charge in [0.2, 0.25) is 5.91 Å². The molecule has 0 heterocycles. The number of alkyl carbamates (subject to hydrolysis) is 1. The smallest absolute Gasteiger partial charge is 0.408 e. The van der Waals surface area contributed by atoms with Crippen molar-refractivity contribution in [2.24, 2.45) is 0 Å². The molecule has 4 N–H and O–H groups in total. The van der Waals surface area contributed by atoms with Crippen LogP contribution in [0.5, 0.6) is 0 Å². The number of nitrogens with one attached hydrogen (secondary N) is 2. The number of benzene rings is 1. The van der Waals surface area contributed by atoms with E-state index in [-0.39, 0.29) is 12.5 Å². The number of carbonyl (C=O) groups excluding carboxylic acids is 2. The van der Waals surface area contributed by atoms with Crippen molar-refractivity contribution >= 4 is 39.3 Å². The summed E-state index contributed by atoms with van der Waals surface area (Å²) < 4.78 is 5.84. The molecule has 1 aromatic carbocycles. The lowest BCUT2D eigenvalue weighted by Crippen LogP contribution is -2.37. The van der Waals surface area contributed by atoms with Gasteiger partial charge in [-0.2, -0.15) is 0 Å². The fraction of sp³-hybridized carbons (Fsp3) is 0.385. The Hall–Kier alpha value is -1.76. The van der Waals surface area contributed by atoms with Gasteiger partial charge in [-0.15, -0.1) is 0 Å². The fourth-order valence-corrected chi connectivity index (χ4v) is 1.69. The summed E-state index contributed by atoms with van der Waals surface area (Å²) >= 11 is 3.27. The molecule has 0 aliphatic heterocycles. The Morgan fingerprint density at radius 3 is 2.55 bits per heavy atom. The molecule has 6 nitrogen and oxygen atoms in total. The van der Waals surface area contributed by atoms with Crippen LogP contribution in [0.1, 0.15) is 20.8 Å². The van der Waals surface area contributed by atoms with Crippen molar-refractivity contribution in [2.75, 3.05) is 17.6 Å². The van der Waals surface area contributed by atoms with Crippen LogP contribution < -0.4 is 16.4 Å². The number of amides is 2. The molecular weight excluding hydrogens is 326 g/mol. The highest BCUT2D eigenvalue weighted by atomic mass is 79.9. The van der Waals surface area contributed by atoms with E-state index in [0.717, 1.165) is 4.47 Å². The van der Waals surface area contributed by atoms with Crippen molar-refractivity contribution in [3.8, 4) is 0 Å². The van der Waals surface area contributed by atoms with Crippen LogP contribution in [0.4, 0.5) is 16.2 Å². The lowest BCUT2D eigenvalue weighted by Gasteiger charge is -2.19. The maximum absolute atomic E-state index is 11.7. The normalized spacial score (nSPS) is 10.8. The number of hydrogen-bond donors (Lipinski definition) is 3. The van der Waals surface area contributed by atoms with Crippen LogP contribution in [0.25, 0.3) is 0 Å². The zero-order valence-corrected chi connectivity index (χ0v) is 13.2. The van der Waals surface area contributed by atoms with Gasteiger partial charge in [0.15, 0.2) is 0 Å². The van der Waals surface area contributed by atoms with Crippen molar-refractivity contribution in [3.63, 3.8) is 0 Å². The average molecular weight is 344 g/mol. The molecule has 2 amide bonds. The third-order valence-corrected chi connectivity index (χ3v) is 2.57. The Balaban J connectivity index is 2.46.